The molecule has 2 heteroatoms. The van der Waals surface area contributed by atoms with Gasteiger partial charge in [0.05, 0.1) is 5.60 Å². The molecule has 4 bridgehead atoms. The summed E-state index contributed by atoms with van der Waals surface area (Å²) in [5, 5.41) is 10.3. The molecular weight excluding hydrogens is 212 g/mol. The molecule has 0 amide bonds. The van der Waals surface area contributed by atoms with Crippen LogP contribution in [0.3, 0.4) is 0 Å². The number of hydrogen-bond donors (Lipinski definition) is 1. The molecule has 0 radical (unpaired) electrons. The van der Waals surface area contributed by atoms with Crippen LogP contribution in [-0.4, -0.2) is 16.5 Å². The molecule has 5 atom stereocenters. The summed E-state index contributed by atoms with van der Waals surface area (Å²) in [6.07, 6.45) is 4.00. The van der Waals surface area contributed by atoms with Gasteiger partial charge in [0.15, 0.2) is 5.78 Å². The van der Waals surface area contributed by atoms with E-state index in [4.69, 9.17) is 0 Å². The van der Waals surface area contributed by atoms with Gasteiger partial charge in [-0.1, -0.05) is 12.5 Å². The monoisotopic (exact) mass is 234 g/mol. The lowest BCUT2D eigenvalue weighted by molar-refractivity contribution is -0.207. The first kappa shape index (κ1) is 11.5. The van der Waals surface area contributed by atoms with Crippen molar-refractivity contribution in [1.29, 1.82) is 0 Å². The lowest BCUT2D eigenvalue weighted by Crippen LogP contribution is -2.68. The molecule has 17 heavy (non-hydrogen) atoms. The zero-order valence-electron chi connectivity index (χ0n) is 11.2. The molecule has 2 saturated carbocycles. The molecule has 0 heterocycles. The smallest absolute Gasteiger partial charge is 0.159 e. The van der Waals surface area contributed by atoms with Crippen LogP contribution in [0, 0.1) is 29.1 Å². The van der Waals surface area contributed by atoms with E-state index < -0.39 is 5.60 Å². The molecule has 4 aliphatic rings. The number of rotatable bonds is 1. The zero-order valence-corrected chi connectivity index (χ0v) is 11.2. The van der Waals surface area contributed by atoms with Crippen molar-refractivity contribution in [2.45, 2.75) is 46.1 Å². The fourth-order valence-corrected chi connectivity index (χ4v) is 5.15. The number of allylic oxidation sites excluding steroid dienone is 2. The molecule has 0 aromatic heterocycles. The largest absolute Gasteiger partial charge is 0.390 e. The second kappa shape index (κ2) is 3.03. The maximum Gasteiger partial charge on any atom is 0.159 e. The van der Waals surface area contributed by atoms with Gasteiger partial charge in [0, 0.05) is 5.92 Å². The van der Waals surface area contributed by atoms with Crippen LogP contribution in [0.5, 0.6) is 0 Å². The van der Waals surface area contributed by atoms with Crippen LogP contribution in [0.15, 0.2) is 11.6 Å². The van der Waals surface area contributed by atoms with Crippen LogP contribution in [-0.2, 0) is 4.79 Å². The predicted molar refractivity (Wildman–Crippen MR) is 66.4 cm³/mol. The van der Waals surface area contributed by atoms with Crippen molar-refractivity contribution in [2.75, 3.05) is 0 Å². The third kappa shape index (κ3) is 1.22. The van der Waals surface area contributed by atoms with E-state index in [9.17, 15) is 9.90 Å². The van der Waals surface area contributed by atoms with Crippen molar-refractivity contribution < 1.29 is 9.90 Å². The Labute approximate surface area is 103 Å². The SMILES string of the molecule is CC1=CC(=O)[C@@H]2C3[C@H](C(C)(C)O)CC[C@]2(C)[C@@H]13. The maximum absolute atomic E-state index is 12.2. The summed E-state index contributed by atoms with van der Waals surface area (Å²) >= 11 is 0. The number of carbonyl (C=O) groups is 1. The summed E-state index contributed by atoms with van der Waals surface area (Å²) in [6.45, 7) is 8.17. The minimum atomic E-state index is -0.652. The average Bonchev–Trinajstić information content (AvgIpc) is 2.13. The minimum absolute atomic E-state index is 0.182. The second-order valence-electron chi connectivity index (χ2n) is 7.13. The molecule has 1 unspecified atom stereocenters. The van der Waals surface area contributed by atoms with E-state index >= 15 is 0 Å². The zero-order chi connectivity index (χ0) is 12.6. The summed E-state index contributed by atoms with van der Waals surface area (Å²) in [5.41, 5.74) is 0.794. The first-order valence-corrected chi connectivity index (χ1v) is 6.71. The molecule has 2 fully saturated rings. The molecule has 4 aliphatic carbocycles. The molecule has 0 aromatic carbocycles. The third-order valence-corrected chi connectivity index (χ3v) is 5.72. The van der Waals surface area contributed by atoms with Crippen molar-refractivity contribution in [3.63, 3.8) is 0 Å². The second-order valence-corrected chi connectivity index (χ2v) is 7.13. The Balaban J connectivity index is 2.03. The summed E-state index contributed by atoms with van der Waals surface area (Å²) in [5.74, 6) is 1.71. The highest BCUT2D eigenvalue weighted by atomic mass is 16.3. The molecule has 0 spiro atoms. The van der Waals surface area contributed by atoms with Crippen molar-refractivity contribution >= 4 is 5.78 Å². The van der Waals surface area contributed by atoms with Gasteiger partial charge in [-0.3, -0.25) is 4.79 Å². The number of aliphatic hydroxyl groups is 1. The third-order valence-electron chi connectivity index (χ3n) is 5.72. The van der Waals surface area contributed by atoms with Gasteiger partial charge in [0.2, 0.25) is 0 Å². The van der Waals surface area contributed by atoms with Crippen molar-refractivity contribution in [3.05, 3.63) is 11.6 Å². The van der Waals surface area contributed by atoms with Gasteiger partial charge in [-0.15, -0.1) is 0 Å². The summed E-state index contributed by atoms with van der Waals surface area (Å²) < 4.78 is 0. The molecular formula is C15H22O2. The minimum Gasteiger partial charge on any atom is -0.390 e. The van der Waals surface area contributed by atoms with E-state index in [1.807, 2.05) is 19.9 Å². The van der Waals surface area contributed by atoms with Crippen LogP contribution in [0.2, 0.25) is 0 Å². The van der Waals surface area contributed by atoms with E-state index in [-0.39, 0.29) is 17.3 Å². The molecule has 94 valence electrons. The number of fused-ring (bicyclic) bond motifs is 1. The van der Waals surface area contributed by atoms with Crippen LogP contribution >= 0.6 is 0 Å². The van der Waals surface area contributed by atoms with Crippen molar-refractivity contribution in [2.24, 2.45) is 29.1 Å². The maximum atomic E-state index is 12.2. The highest BCUT2D eigenvalue weighted by molar-refractivity contribution is 5.96. The first-order chi connectivity index (χ1) is 7.77. The van der Waals surface area contributed by atoms with Crippen LogP contribution in [0.4, 0.5) is 0 Å². The quantitative estimate of drug-likeness (QED) is 0.757. The fraction of sp³-hybridized carbons (Fsp3) is 0.800. The number of hydrogen-bond acceptors (Lipinski definition) is 2. The Morgan fingerprint density at radius 2 is 2.06 bits per heavy atom. The average molecular weight is 234 g/mol. The van der Waals surface area contributed by atoms with E-state index in [1.165, 1.54) is 5.57 Å². The van der Waals surface area contributed by atoms with E-state index in [0.29, 0.717) is 17.6 Å². The van der Waals surface area contributed by atoms with Gasteiger partial charge in [0.1, 0.15) is 0 Å². The van der Waals surface area contributed by atoms with E-state index in [0.717, 1.165) is 12.8 Å². The standard InChI is InChI=1S/C15H22O2/c1-8-7-10(16)13-11-9(14(2,3)17)5-6-15(13,4)12(8)11/h7,9,11-13,17H,5-6H2,1-4H3/t9-,11?,12+,13-,15-/m1/s1. The normalized spacial score (nSPS) is 48.5. The van der Waals surface area contributed by atoms with Crippen molar-refractivity contribution in [3.8, 4) is 0 Å². The Morgan fingerprint density at radius 1 is 1.41 bits per heavy atom. The number of ketones is 1. The topological polar surface area (TPSA) is 37.3 Å². The first-order valence-electron chi connectivity index (χ1n) is 6.71. The van der Waals surface area contributed by atoms with Crippen LogP contribution < -0.4 is 0 Å². The molecule has 0 saturated heterocycles. The predicted octanol–water partition coefficient (Wildman–Crippen LogP) is 2.56. The summed E-state index contributed by atoms with van der Waals surface area (Å²) in [4.78, 5) is 12.2. The van der Waals surface area contributed by atoms with Crippen LogP contribution in [0.25, 0.3) is 0 Å². The van der Waals surface area contributed by atoms with E-state index in [1.54, 1.807) is 0 Å². The van der Waals surface area contributed by atoms with Gasteiger partial charge in [0.25, 0.3) is 0 Å². The highest BCUT2D eigenvalue weighted by Crippen LogP contribution is 2.71. The highest BCUT2D eigenvalue weighted by Gasteiger charge is 2.69. The lowest BCUT2D eigenvalue weighted by Gasteiger charge is -2.69. The molecule has 0 aliphatic heterocycles. The Hall–Kier alpha value is -0.630. The Bertz CT molecular complexity index is 415. The molecule has 1 N–H and O–H groups in total. The summed E-state index contributed by atoms with van der Waals surface area (Å²) in [6, 6.07) is 0. The van der Waals surface area contributed by atoms with Crippen LogP contribution in [0.1, 0.15) is 40.5 Å². The number of carbonyl (C=O) groups excluding carboxylic acids is 1. The Kier molecular flexibility index (Phi) is 2.04. The fourth-order valence-electron chi connectivity index (χ4n) is 5.15. The van der Waals surface area contributed by atoms with Crippen molar-refractivity contribution in [1.82, 2.24) is 0 Å². The lowest BCUT2D eigenvalue weighted by atomic mass is 9.34. The molecule has 2 nitrogen and oxygen atoms in total. The summed E-state index contributed by atoms with van der Waals surface area (Å²) in [7, 11) is 0. The van der Waals surface area contributed by atoms with Gasteiger partial charge in [-0.05, 0) is 62.9 Å². The Morgan fingerprint density at radius 3 is 2.59 bits per heavy atom. The van der Waals surface area contributed by atoms with Gasteiger partial charge < -0.3 is 5.11 Å². The van der Waals surface area contributed by atoms with E-state index in [2.05, 4.69) is 13.8 Å². The molecule has 0 aromatic rings. The molecule has 4 rings (SSSR count). The van der Waals surface area contributed by atoms with Gasteiger partial charge >= 0.3 is 0 Å². The van der Waals surface area contributed by atoms with Gasteiger partial charge in [-0.2, -0.15) is 0 Å². The van der Waals surface area contributed by atoms with Gasteiger partial charge in [-0.25, -0.2) is 0 Å².